The average molecular weight is 222 g/mol. The van der Waals surface area contributed by atoms with Crippen molar-refractivity contribution in [1.82, 2.24) is 0 Å². The molecule has 1 rings (SSSR count). The fourth-order valence-electron chi connectivity index (χ4n) is 1.52. The first-order valence-corrected chi connectivity index (χ1v) is 5.31. The molecule has 88 valence electrons. The molecule has 1 aromatic heterocycles. The van der Waals surface area contributed by atoms with Gasteiger partial charge >= 0.3 is 5.97 Å². The second-order valence-electron chi connectivity index (χ2n) is 4.13. The monoisotopic (exact) mass is 222 g/mol. The van der Waals surface area contributed by atoms with E-state index in [0.717, 1.165) is 22.7 Å². The van der Waals surface area contributed by atoms with Crippen LogP contribution in [0.25, 0.3) is 0 Å². The summed E-state index contributed by atoms with van der Waals surface area (Å²) in [5.41, 5.74) is 2.07. The molecule has 0 radical (unpaired) electrons. The Balaban J connectivity index is 2.89. The highest BCUT2D eigenvalue weighted by Crippen LogP contribution is 2.20. The third kappa shape index (κ3) is 3.26. The van der Waals surface area contributed by atoms with E-state index in [-0.39, 0.29) is 5.97 Å². The first-order valence-electron chi connectivity index (χ1n) is 5.31. The molecule has 0 aromatic carbocycles. The van der Waals surface area contributed by atoms with E-state index in [2.05, 4.69) is 0 Å². The Morgan fingerprint density at radius 2 is 1.94 bits per heavy atom. The Bertz CT molecular complexity index is 420. The summed E-state index contributed by atoms with van der Waals surface area (Å²) in [5, 5.41) is 0. The van der Waals surface area contributed by atoms with Crippen LogP contribution in [0.15, 0.2) is 21.8 Å². The zero-order chi connectivity index (χ0) is 12.3. The third-order valence-electron chi connectivity index (χ3n) is 2.32. The maximum absolute atomic E-state index is 11.0. The van der Waals surface area contributed by atoms with Gasteiger partial charge in [0.15, 0.2) is 0 Å². The lowest BCUT2D eigenvalue weighted by atomic mass is 10.1. The van der Waals surface area contributed by atoms with Gasteiger partial charge in [-0.3, -0.25) is 4.79 Å². The molecule has 0 saturated carbocycles. The van der Waals surface area contributed by atoms with Crippen LogP contribution < -0.4 is 0 Å². The van der Waals surface area contributed by atoms with Crippen molar-refractivity contribution in [1.29, 1.82) is 0 Å². The number of hydrogen-bond donors (Lipinski definition) is 0. The van der Waals surface area contributed by atoms with Crippen molar-refractivity contribution in [3.05, 3.63) is 34.5 Å². The van der Waals surface area contributed by atoms with Crippen molar-refractivity contribution >= 4 is 5.97 Å². The van der Waals surface area contributed by atoms with Crippen molar-refractivity contribution in [2.24, 2.45) is 0 Å². The summed E-state index contributed by atoms with van der Waals surface area (Å²) < 4.78 is 10.6. The van der Waals surface area contributed by atoms with Gasteiger partial charge in [0.25, 0.3) is 0 Å². The predicted molar refractivity (Wildman–Crippen MR) is 62.0 cm³/mol. The number of esters is 1. The molecule has 0 spiro atoms. The molecule has 1 aromatic rings. The van der Waals surface area contributed by atoms with Gasteiger partial charge in [0, 0.05) is 18.9 Å². The summed E-state index contributed by atoms with van der Waals surface area (Å²) in [5.74, 6) is 2.18. The molecule has 0 saturated heterocycles. The predicted octanol–water partition coefficient (Wildman–Crippen LogP) is 3.30. The van der Waals surface area contributed by atoms with Crippen molar-refractivity contribution in [2.45, 2.75) is 41.0 Å². The van der Waals surface area contributed by atoms with Crippen molar-refractivity contribution < 1.29 is 13.9 Å². The van der Waals surface area contributed by atoms with E-state index in [1.165, 1.54) is 6.92 Å². The first kappa shape index (κ1) is 12.6. The lowest BCUT2D eigenvalue weighted by molar-refractivity contribution is -0.137. The van der Waals surface area contributed by atoms with Gasteiger partial charge in [0.1, 0.15) is 17.3 Å². The Morgan fingerprint density at radius 3 is 2.31 bits per heavy atom. The highest BCUT2D eigenvalue weighted by molar-refractivity contribution is 5.67. The zero-order valence-corrected chi connectivity index (χ0v) is 10.5. The molecule has 0 amide bonds. The van der Waals surface area contributed by atoms with Crippen LogP contribution in [0.5, 0.6) is 0 Å². The molecule has 0 bridgehead atoms. The smallest absolute Gasteiger partial charge is 0.307 e. The number of carbonyl (C=O) groups excluding carboxylic acids is 1. The Hall–Kier alpha value is -1.51. The molecule has 3 heteroatoms. The van der Waals surface area contributed by atoms with Gasteiger partial charge in [-0.15, -0.1) is 0 Å². The van der Waals surface area contributed by atoms with Crippen LogP contribution in [0.2, 0.25) is 0 Å². The zero-order valence-electron chi connectivity index (χ0n) is 10.5. The maximum Gasteiger partial charge on any atom is 0.307 e. The van der Waals surface area contributed by atoms with Gasteiger partial charge in [-0.05, 0) is 39.3 Å². The summed E-state index contributed by atoms with van der Waals surface area (Å²) in [6.07, 6.45) is 0.602. The number of aryl methyl sites for hydroxylation is 2. The van der Waals surface area contributed by atoms with E-state index < -0.39 is 0 Å². The summed E-state index contributed by atoms with van der Waals surface area (Å²) in [4.78, 5) is 11.0. The number of furan rings is 1. The molecule has 0 N–H and O–H groups in total. The molecule has 0 atom stereocenters. The first-order chi connectivity index (χ1) is 7.40. The number of carbonyl (C=O) groups is 1. The van der Waals surface area contributed by atoms with Gasteiger partial charge in [0.05, 0.1) is 0 Å². The molecule has 0 unspecified atom stereocenters. The topological polar surface area (TPSA) is 39.4 Å². The van der Waals surface area contributed by atoms with Crippen LogP contribution in [0, 0.1) is 13.8 Å². The minimum absolute atomic E-state index is 0.283. The fraction of sp³-hybridized carbons (Fsp3) is 0.462. The van der Waals surface area contributed by atoms with Gasteiger partial charge in [-0.1, -0.05) is 0 Å². The van der Waals surface area contributed by atoms with Gasteiger partial charge in [0.2, 0.25) is 0 Å². The standard InChI is InChI=1S/C13H18O3/c1-8(2)13(16-11(5)14)7-12-6-9(3)15-10(12)4/h6H,7H2,1-5H3. The lowest BCUT2D eigenvalue weighted by Crippen LogP contribution is -2.03. The van der Waals surface area contributed by atoms with Gasteiger partial charge in [-0.2, -0.15) is 0 Å². The minimum atomic E-state index is -0.283. The highest BCUT2D eigenvalue weighted by atomic mass is 16.5. The number of allylic oxidation sites excluding steroid dienone is 2. The SMILES string of the molecule is CC(=O)OC(Cc1cc(C)oc1C)=C(C)C. The largest absolute Gasteiger partial charge is 0.466 e. The number of hydrogen-bond acceptors (Lipinski definition) is 3. The second kappa shape index (κ2) is 5.01. The Morgan fingerprint density at radius 1 is 1.31 bits per heavy atom. The third-order valence-corrected chi connectivity index (χ3v) is 2.32. The summed E-state index contributed by atoms with van der Waals surface area (Å²) in [6.45, 7) is 9.10. The van der Waals surface area contributed by atoms with Crippen LogP contribution in [0.4, 0.5) is 0 Å². The summed E-state index contributed by atoms with van der Waals surface area (Å²) in [7, 11) is 0. The molecule has 1 heterocycles. The van der Waals surface area contributed by atoms with Crippen LogP contribution in [-0.2, 0) is 16.0 Å². The van der Waals surface area contributed by atoms with Gasteiger partial charge < -0.3 is 9.15 Å². The lowest BCUT2D eigenvalue weighted by Gasteiger charge is -2.08. The van der Waals surface area contributed by atoms with E-state index in [4.69, 9.17) is 9.15 Å². The molecule has 16 heavy (non-hydrogen) atoms. The van der Waals surface area contributed by atoms with Crippen LogP contribution >= 0.6 is 0 Å². The van der Waals surface area contributed by atoms with Crippen molar-refractivity contribution in [3.63, 3.8) is 0 Å². The fourth-order valence-corrected chi connectivity index (χ4v) is 1.52. The molecule has 0 aliphatic heterocycles. The number of rotatable bonds is 3. The second-order valence-corrected chi connectivity index (χ2v) is 4.13. The molecule has 3 nitrogen and oxygen atoms in total. The van der Waals surface area contributed by atoms with Gasteiger partial charge in [-0.25, -0.2) is 0 Å². The maximum atomic E-state index is 11.0. The van der Waals surface area contributed by atoms with Crippen molar-refractivity contribution in [2.75, 3.05) is 0 Å². The molecular weight excluding hydrogens is 204 g/mol. The van der Waals surface area contributed by atoms with Crippen LogP contribution in [-0.4, -0.2) is 5.97 Å². The summed E-state index contributed by atoms with van der Waals surface area (Å²) >= 11 is 0. The van der Waals surface area contributed by atoms with Crippen molar-refractivity contribution in [3.8, 4) is 0 Å². The average Bonchev–Trinajstić information content (AvgIpc) is 2.43. The minimum Gasteiger partial charge on any atom is -0.466 e. The molecule has 0 fully saturated rings. The molecule has 0 aliphatic rings. The van der Waals surface area contributed by atoms with E-state index in [1.54, 1.807) is 0 Å². The van der Waals surface area contributed by atoms with E-state index in [9.17, 15) is 4.79 Å². The normalized spacial score (nSPS) is 10.1. The van der Waals surface area contributed by atoms with Crippen LogP contribution in [0.3, 0.4) is 0 Å². The van der Waals surface area contributed by atoms with Crippen LogP contribution in [0.1, 0.15) is 37.9 Å². The Kier molecular flexibility index (Phi) is 3.93. The van der Waals surface area contributed by atoms with E-state index in [0.29, 0.717) is 12.2 Å². The van der Waals surface area contributed by atoms with E-state index in [1.807, 2.05) is 33.8 Å². The molecular formula is C13H18O3. The summed E-state index contributed by atoms with van der Waals surface area (Å²) in [6, 6.07) is 1.97. The van der Waals surface area contributed by atoms with E-state index >= 15 is 0 Å². The molecule has 0 aliphatic carbocycles. The number of ether oxygens (including phenoxy) is 1. The Labute approximate surface area is 96.1 Å². The quantitative estimate of drug-likeness (QED) is 0.582. The highest BCUT2D eigenvalue weighted by Gasteiger charge is 2.11.